The predicted molar refractivity (Wildman–Crippen MR) is 59.1 cm³/mol. The number of rotatable bonds is 5. The molecule has 5 nitrogen and oxygen atoms in total. The molecule has 9 heteroatoms. The minimum Gasteiger partial charge on any atom is -0.466 e. The van der Waals surface area contributed by atoms with Crippen LogP contribution >= 0.6 is 0 Å². The van der Waals surface area contributed by atoms with E-state index >= 15 is 0 Å². The van der Waals surface area contributed by atoms with E-state index in [1.54, 1.807) is 6.92 Å². The SMILES string of the molecule is CCOC(=O)Cc1c(F)cc(OC(F)(F)F)nc1CN. The van der Waals surface area contributed by atoms with E-state index in [4.69, 9.17) is 5.73 Å². The minimum atomic E-state index is -4.99. The van der Waals surface area contributed by atoms with Crippen LogP contribution in [0.5, 0.6) is 5.88 Å². The molecule has 0 saturated heterocycles. The van der Waals surface area contributed by atoms with E-state index in [9.17, 15) is 22.4 Å². The van der Waals surface area contributed by atoms with Crippen LogP contribution in [0.3, 0.4) is 0 Å². The molecule has 2 N–H and O–H groups in total. The van der Waals surface area contributed by atoms with Crippen molar-refractivity contribution in [3.63, 3.8) is 0 Å². The van der Waals surface area contributed by atoms with Crippen molar-refractivity contribution in [2.75, 3.05) is 6.61 Å². The normalized spacial score (nSPS) is 11.3. The molecular formula is C11H12F4N2O3. The van der Waals surface area contributed by atoms with Crippen LogP contribution in [-0.2, 0) is 22.5 Å². The van der Waals surface area contributed by atoms with Crippen molar-refractivity contribution in [3.05, 3.63) is 23.1 Å². The van der Waals surface area contributed by atoms with Crippen molar-refractivity contribution in [2.45, 2.75) is 26.3 Å². The maximum Gasteiger partial charge on any atom is 0.574 e. The van der Waals surface area contributed by atoms with Crippen molar-refractivity contribution in [1.82, 2.24) is 4.98 Å². The van der Waals surface area contributed by atoms with Gasteiger partial charge in [0.25, 0.3) is 0 Å². The van der Waals surface area contributed by atoms with Crippen LogP contribution in [-0.4, -0.2) is 23.9 Å². The molecule has 0 saturated carbocycles. The van der Waals surface area contributed by atoms with E-state index in [2.05, 4.69) is 14.5 Å². The lowest BCUT2D eigenvalue weighted by Crippen LogP contribution is -2.20. The molecule has 0 amide bonds. The van der Waals surface area contributed by atoms with Gasteiger partial charge in [-0.3, -0.25) is 4.79 Å². The van der Waals surface area contributed by atoms with Crippen LogP contribution in [0.4, 0.5) is 17.6 Å². The van der Waals surface area contributed by atoms with Crippen LogP contribution in [0.1, 0.15) is 18.2 Å². The molecule has 1 aromatic heterocycles. The number of alkyl halides is 3. The zero-order chi connectivity index (χ0) is 15.3. The standard InChI is InChI=1S/C11H12F4N2O3/c1-2-19-10(18)3-6-7(12)4-9(17-8(6)5-16)20-11(13,14)15/h4H,2-3,5,16H2,1H3. The second-order valence-corrected chi connectivity index (χ2v) is 3.60. The first-order valence-corrected chi connectivity index (χ1v) is 5.56. The maximum absolute atomic E-state index is 13.7. The average molecular weight is 296 g/mol. The van der Waals surface area contributed by atoms with Gasteiger partial charge < -0.3 is 15.2 Å². The zero-order valence-electron chi connectivity index (χ0n) is 10.5. The lowest BCUT2D eigenvalue weighted by atomic mass is 10.1. The number of esters is 1. The Balaban J connectivity index is 3.05. The summed E-state index contributed by atoms with van der Waals surface area (Å²) < 4.78 is 57.9. The Kier molecular flexibility index (Phi) is 5.26. The molecule has 1 aromatic rings. The fourth-order valence-corrected chi connectivity index (χ4v) is 1.45. The van der Waals surface area contributed by atoms with Crippen molar-refractivity contribution in [1.29, 1.82) is 0 Å². The highest BCUT2D eigenvalue weighted by molar-refractivity contribution is 5.73. The van der Waals surface area contributed by atoms with Crippen LogP contribution < -0.4 is 10.5 Å². The largest absolute Gasteiger partial charge is 0.574 e. The summed E-state index contributed by atoms with van der Waals surface area (Å²) in [7, 11) is 0. The summed E-state index contributed by atoms with van der Waals surface area (Å²) in [6.07, 6.45) is -5.46. The quantitative estimate of drug-likeness (QED) is 0.661. The van der Waals surface area contributed by atoms with E-state index < -0.39 is 30.4 Å². The number of ether oxygens (including phenoxy) is 2. The number of nitrogens with two attached hydrogens (primary N) is 1. The van der Waals surface area contributed by atoms with E-state index in [-0.39, 0.29) is 24.4 Å². The summed E-state index contributed by atoms with van der Waals surface area (Å²) in [6.45, 7) is 1.32. The molecule has 112 valence electrons. The molecule has 0 radical (unpaired) electrons. The summed E-state index contributed by atoms with van der Waals surface area (Å²) >= 11 is 0. The van der Waals surface area contributed by atoms with E-state index in [1.165, 1.54) is 0 Å². The highest BCUT2D eigenvalue weighted by atomic mass is 19.4. The van der Waals surface area contributed by atoms with Crippen LogP contribution in [0.15, 0.2) is 6.07 Å². The lowest BCUT2D eigenvalue weighted by molar-refractivity contribution is -0.276. The number of carbonyl (C=O) groups is 1. The molecule has 0 unspecified atom stereocenters. The number of nitrogens with zero attached hydrogens (tertiary/aromatic N) is 1. The Morgan fingerprint density at radius 2 is 2.10 bits per heavy atom. The molecule has 0 aliphatic carbocycles. The average Bonchev–Trinajstić information content (AvgIpc) is 2.30. The fraction of sp³-hybridized carbons (Fsp3) is 0.455. The van der Waals surface area contributed by atoms with Crippen LogP contribution in [0, 0.1) is 5.82 Å². The first kappa shape index (κ1) is 16.2. The molecule has 0 aromatic carbocycles. The number of halogens is 4. The van der Waals surface area contributed by atoms with Gasteiger partial charge in [-0.1, -0.05) is 0 Å². The number of aromatic nitrogens is 1. The molecule has 0 spiro atoms. The molecule has 0 atom stereocenters. The number of carbonyl (C=O) groups excluding carboxylic acids is 1. The Morgan fingerprint density at radius 1 is 1.45 bits per heavy atom. The monoisotopic (exact) mass is 296 g/mol. The van der Waals surface area contributed by atoms with E-state index in [1.807, 2.05) is 0 Å². The second-order valence-electron chi connectivity index (χ2n) is 3.60. The number of pyridine rings is 1. The summed E-state index contributed by atoms with van der Waals surface area (Å²) in [5, 5.41) is 0. The first-order chi connectivity index (χ1) is 9.26. The van der Waals surface area contributed by atoms with Gasteiger partial charge >= 0.3 is 12.3 Å². The smallest absolute Gasteiger partial charge is 0.466 e. The molecular weight excluding hydrogens is 284 g/mol. The van der Waals surface area contributed by atoms with Gasteiger partial charge in [0.15, 0.2) is 0 Å². The lowest BCUT2D eigenvalue weighted by Gasteiger charge is -2.12. The first-order valence-electron chi connectivity index (χ1n) is 5.56. The Morgan fingerprint density at radius 3 is 2.60 bits per heavy atom. The molecule has 20 heavy (non-hydrogen) atoms. The van der Waals surface area contributed by atoms with Crippen molar-refractivity contribution < 1.29 is 31.8 Å². The molecule has 0 fully saturated rings. The second kappa shape index (κ2) is 6.51. The van der Waals surface area contributed by atoms with Gasteiger partial charge in [-0.25, -0.2) is 9.37 Å². The molecule has 1 heterocycles. The van der Waals surface area contributed by atoms with Crippen molar-refractivity contribution in [3.8, 4) is 5.88 Å². The fourth-order valence-electron chi connectivity index (χ4n) is 1.45. The topological polar surface area (TPSA) is 74.4 Å². The zero-order valence-corrected chi connectivity index (χ0v) is 10.5. The van der Waals surface area contributed by atoms with E-state index in [0.717, 1.165) is 0 Å². The van der Waals surface area contributed by atoms with Crippen molar-refractivity contribution >= 4 is 5.97 Å². The highest BCUT2D eigenvalue weighted by Gasteiger charge is 2.32. The van der Waals surface area contributed by atoms with Crippen LogP contribution in [0.25, 0.3) is 0 Å². The van der Waals surface area contributed by atoms with Gasteiger partial charge in [0.1, 0.15) is 5.82 Å². The van der Waals surface area contributed by atoms with Crippen LogP contribution in [0.2, 0.25) is 0 Å². The molecule has 0 bridgehead atoms. The Hall–Kier alpha value is -1.90. The third kappa shape index (κ3) is 4.65. The van der Waals surface area contributed by atoms with Gasteiger partial charge in [0, 0.05) is 18.2 Å². The van der Waals surface area contributed by atoms with Gasteiger partial charge in [-0.05, 0) is 6.92 Å². The maximum atomic E-state index is 13.7. The Bertz CT molecular complexity index is 491. The van der Waals surface area contributed by atoms with Gasteiger partial charge in [-0.15, -0.1) is 13.2 Å². The van der Waals surface area contributed by atoms with Gasteiger partial charge in [0.2, 0.25) is 5.88 Å². The number of hydrogen-bond donors (Lipinski definition) is 1. The summed E-state index contributed by atoms with van der Waals surface area (Å²) in [6, 6.07) is 0.446. The molecule has 0 aliphatic heterocycles. The highest BCUT2D eigenvalue weighted by Crippen LogP contribution is 2.24. The summed E-state index contributed by atoms with van der Waals surface area (Å²) in [5.41, 5.74) is 4.88. The number of hydrogen-bond acceptors (Lipinski definition) is 5. The van der Waals surface area contributed by atoms with Gasteiger partial charge in [-0.2, -0.15) is 0 Å². The summed E-state index contributed by atoms with van der Waals surface area (Å²) in [5.74, 6) is -2.76. The molecule has 0 aliphatic rings. The van der Waals surface area contributed by atoms with Crippen molar-refractivity contribution in [2.24, 2.45) is 5.73 Å². The Labute approximate surface area is 111 Å². The minimum absolute atomic E-state index is 0.0983. The summed E-state index contributed by atoms with van der Waals surface area (Å²) in [4.78, 5) is 14.7. The predicted octanol–water partition coefficient (Wildman–Crippen LogP) is 1.68. The third-order valence-corrected chi connectivity index (χ3v) is 2.17. The van der Waals surface area contributed by atoms with Gasteiger partial charge in [0.05, 0.1) is 18.7 Å². The third-order valence-electron chi connectivity index (χ3n) is 2.17. The molecule has 1 rings (SSSR count). The van der Waals surface area contributed by atoms with E-state index in [0.29, 0.717) is 6.07 Å².